The molecule has 1 fully saturated rings. The highest BCUT2D eigenvalue weighted by Crippen LogP contribution is 2.38. The summed E-state index contributed by atoms with van der Waals surface area (Å²) in [6, 6.07) is 16.5. The number of ether oxygens (including phenoxy) is 2. The number of methoxy groups -OCH3 is 1. The minimum Gasteiger partial charge on any atom is -0.489 e. The third kappa shape index (κ3) is 4.54. The molecule has 2 aliphatic heterocycles. The molecule has 4 rings (SSSR count). The van der Waals surface area contributed by atoms with E-state index in [1.165, 1.54) is 11.1 Å². The third-order valence-corrected chi connectivity index (χ3v) is 6.79. The van der Waals surface area contributed by atoms with E-state index in [4.69, 9.17) is 9.47 Å². The second-order valence-electron chi connectivity index (χ2n) is 7.32. The molecule has 0 spiro atoms. The van der Waals surface area contributed by atoms with Gasteiger partial charge in [0.05, 0.1) is 12.3 Å². The van der Waals surface area contributed by atoms with E-state index in [0.717, 1.165) is 49.8 Å². The number of carbonyl (C=O) groups excluding carboxylic acids is 1. The normalized spacial score (nSPS) is 19.0. The summed E-state index contributed by atoms with van der Waals surface area (Å²) in [7, 11) is 1.68. The zero-order valence-corrected chi connectivity index (χ0v) is 17.7. The van der Waals surface area contributed by atoms with Gasteiger partial charge in [-0.3, -0.25) is 4.79 Å². The summed E-state index contributed by atoms with van der Waals surface area (Å²) in [5.41, 5.74) is 3.62. The zero-order valence-electron chi connectivity index (χ0n) is 16.9. The van der Waals surface area contributed by atoms with Gasteiger partial charge in [-0.05, 0) is 35.4 Å². The lowest BCUT2D eigenvalue weighted by atomic mass is 10.0. The quantitative estimate of drug-likeness (QED) is 0.681. The first kappa shape index (κ1) is 20.1. The molecule has 2 aromatic carbocycles. The summed E-state index contributed by atoms with van der Waals surface area (Å²) in [6.45, 7) is 4.21. The van der Waals surface area contributed by atoms with Gasteiger partial charge in [0.15, 0.2) is 0 Å². The standard InChI is InChI=1S/C23H28N2O3S/c1-27-15-16-28-21-9-5-4-8-20(21)24-11-13-25(14-12-24)23(26)22-19-7-3-2-6-18(19)10-17-29-22/h2-9,22H,10-17H2,1H3. The van der Waals surface area contributed by atoms with E-state index in [1.807, 2.05) is 29.2 Å². The Hall–Kier alpha value is -2.18. The molecule has 29 heavy (non-hydrogen) atoms. The van der Waals surface area contributed by atoms with Gasteiger partial charge in [0, 0.05) is 33.3 Å². The summed E-state index contributed by atoms with van der Waals surface area (Å²) in [6.07, 6.45) is 1.05. The van der Waals surface area contributed by atoms with Crippen LogP contribution in [0.25, 0.3) is 0 Å². The van der Waals surface area contributed by atoms with Crippen LogP contribution in [0.5, 0.6) is 5.75 Å². The number of amides is 1. The van der Waals surface area contributed by atoms with Gasteiger partial charge in [-0.15, -0.1) is 11.8 Å². The molecule has 0 saturated carbocycles. The summed E-state index contributed by atoms with van der Waals surface area (Å²) in [5, 5.41) is -0.0591. The molecule has 0 N–H and O–H groups in total. The number of rotatable bonds is 6. The number of aryl methyl sites for hydroxylation is 1. The average molecular weight is 413 g/mol. The van der Waals surface area contributed by atoms with Gasteiger partial charge in [-0.1, -0.05) is 36.4 Å². The highest BCUT2D eigenvalue weighted by atomic mass is 32.2. The van der Waals surface area contributed by atoms with Crippen LogP contribution < -0.4 is 9.64 Å². The number of piperazine rings is 1. The Bertz CT molecular complexity index is 836. The fourth-order valence-electron chi connectivity index (χ4n) is 4.01. The van der Waals surface area contributed by atoms with Crippen molar-refractivity contribution in [2.45, 2.75) is 11.7 Å². The van der Waals surface area contributed by atoms with Crippen molar-refractivity contribution < 1.29 is 14.3 Å². The molecule has 0 aliphatic carbocycles. The number of hydrogen-bond donors (Lipinski definition) is 0. The molecular weight excluding hydrogens is 384 g/mol. The predicted molar refractivity (Wildman–Crippen MR) is 118 cm³/mol. The van der Waals surface area contributed by atoms with Gasteiger partial charge in [0.25, 0.3) is 0 Å². The van der Waals surface area contributed by atoms with Crippen LogP contribution >= 0.6 is 11.8 Å². The molecule has 154 valence electrons. The van der Waals surface area contributed by atoms with Gasteiger partial charge in [0.1, 0.15) is 17.6 Å². The lowest BCUT2D eigenvalue weighted by Gasteiger charge is -2.38. The Morgan fingerprint density at radius 1 is 1.03 bits per heavy atom. The molecule has 1 saturated heterocycles. The van der Waals surface area contributed by atoms with Gasteiger partial charge < -0.3 is 19.3 Å². The lowest BCUT2D eigenvalue weighted by molar-refractivity contribution is -0.131. The first-order valence-electron chi connectivity index (χ1n) is 10.2. The van der Waals surface area contributed by atoms with E-state index < -0.39 is 0 Å². The number of fused-ring (bicyclic) bond motifs is 1. The topological polar surface area (TPSA) is 42.0 Å². The van der Waals surface area contributed by atoms with E-state index in [0.29, 0.717) is 13.2 Å². The number of anilines is 1. The van der Waals surface area contributed by atoms with E-state index in [-0.39, 0.29) is 11.2 Å². The maximum absolute atomic E-state index is 13.2. The second kappa shape index (κ2) is 9.55. The fraction of sp³-hybridized carbons (Fsp3) is 0.435. The number of thioether (sulfide) groups is 1. The Morgan fingerprint density at radius 2 is 1.79 bits per heavy atom. The Morgan fingerprint density at radius 3 is 2.62 bits per heavy atom. The van der Waals surface area contributed by atoms with Crippen molar-refractivity contribution in [1.82, 2.24) is 4.90 Å². The van der Waals surface area contributed by atoms with Crippen LogP contribution in [0.3, 0.4) is 0 Å². The van der Waals surface area contributed by atoms with Crippen LogP contribution in [0, 0.1) is 0 Å². The molecule has 0 bridgehead atoms. The van der Waals surface area contributed by atoms with E-state index in [1.54, 1.807) is 18.9 Å². The molecule has 6 heteroatoms. The number of benzene rings is 2. The first-order valence-corrected chi connectivity index (χ1v) is 11.3. The van der Waals surface area contributed by atoms with Crippen LogP contribution in [0.1, 0.15) is 16.4 Å². The highest BCUT2D eigenvalue weighted by Gasteiger charge is 2.32. The molecule has 5 nitrogen and oxygen atoms in total. The molecule has 0 radical (unpaired) electrons. The van der Waals surface area contributed by atoms with E-state index in [2.05, 4.69) is 29.2 Å². The minimum atomic E-state index is -0.0591. The van der Waals surface area contributed by atoms with E-state index in [9.17, 15) is 4.79 Å². The summed E-state index contributed by atoms with van der Waals surface area (Å²) < 4.78 is 11.0. The Balaban J connectivity index is 1.40. The smallest absolute Gasteiger partial charge is 0.240 e. The number of para-hydroxylation sites is 2. The summed E-state index contributed by atoms with van der Waals surface area (Å²) >= 11 is 1.78. The average Bonchev–Trinajstić information content (AvgIpc) is 2.79. The Labute approximate surface area is 177 Å². The van der Waals surface area contributed by atoms with Crippen molar-refractivity contribution in [2.75, 3.05) is 57.2 Å². The zero-order chi connectivity index (χ0) is 20.1. The maximum Gasteiger partial charge on any atom is 0.240 e. The minimum absolute atomic E-state index is 0.0591. The molecule has 2 aliphatic rings. The van der Waals surface area contributed by atoms with Crippen molar-refractivity contribution in [3.05, 3.63) is 59.7 Å². The molecule has 1 atom stereocenters. The highest BCUT2D eigenvalue weighted by molar-refractivity contribution is 8.00. The van der Waals surface area contributed by atoms with Crippen molar-refractivity contribution in [3.8, 4) is 5.75 Å². The summed E-state index contributed by atoms with van der Waals surface area (Å²) in [4.78, 5) is 17.6. The van der Waals surface area contributed by atoms with Crippen LogP contribution in [0.2, 0.25) is 0 Å². The lowest BCUT2D eigenvalue weighted by Crippen LogP contribution is -2.50. The fourth-order valence-corrected chi connectivity index (χ4v) is 5.28. The number of carbonyl (C=O) groups is 1. The first-order chi connectivity index (χ1) is 14.3. The van der Waals surface area contributed by atoms with Crippen LogP contribution in [-0.4, -0.2) is 63.1 Å². The molecule has 2 heterocycles. The maximum atomic E-state index is 13.2. The van der Waals surface area contributed by atoms with Gasteiger partial charge in [0.2, 0.25) is 5.91 Å². The van der Waals surface area contributed by atoms with Gasteiger partial charge in [-0.2, -0.15) is 0 Å². The van der Waals surface area contributed by atoms with Crippen LogP contribution in [0.15, 0.2) is 48.5 Å². The van der Waals surface area contributed by atoms with Crippen molar-refractivity contribution in [2.24, 2.45) is 0 Å². The molecular formula is C23H28N2O3S. The molecule has 0 aromatic heterocycles. The predicted octanol–water partition coefficient (Wildman–Crippen LogP) is 3.39. The van der Waals surface area contributed by atoms with Crippen molar-refractivity contribution in [1.29, 1.82) is 0 Å². The largest absolute Gasteiger partial charge is 0.489 e. The Kier molecular flexibility index (Phi) is 6.62. The second-order valence-corrected chi connectivity index (χ2v) is 8.53. The van der Waals surface area contributed by atoms with Crippen LogP contribution in [-0.2, 0) is 16.0 Å². The monoisotopic (exact) mass is 412 g/mol. The molecule has 1 unspecified atom stereocenters. The SMILES string of the molecule is COCCOc1ccccc1N1CCN(C(=O)C2SCCc3ccccc32)CC1. The van der Waals surface area contributed by atoms with Gasteiger partial charge in [-0.25, -0.2) is 0 Å². The third-order valence-electron chi connectivity index (χ3n) is 5.56. The molecule has 1 amide bonds. The van der Waals surface area contributed by atoms with Crippen LogP contribution in [0.4, 0.5) is 5.69 Å². The van der Waals surface area contributed by atoms with Crippen molar-refractivity contribution >= 4 is 23.4 Å². The number of hydrogen-bond acceptors (Lipinski definition) is 5. The number of nitrogens with zero attached hydrogens (tertiary/aromatic N) is 2. The van der Waals surface area contributed by atoms with Gasteiger partial charge >= 0.3 is 0 Å². The van der Waals surface area contributed by atoms with Crippen molar-refractivity contribution in [3.63, 3.8) is 0 Å². The molecule has 2 aromatic rings. The summed E-state index contributed by atoms with van der Waals surface area (Å²) in [5.74, 6) is 2.15. The van der Waals surface area contributed by atoms with E-state index >= 15 is 0 Å².